The summed E-state index contributed by atoms with van der Waals surface area (Å²) < 4.78 is 0. The number of nitrogens with zero attached hydrogens (tertiary/aromatic N) is 2. The van der Waals surface area contributed by atoms with E-state index in [2.05, 4.69) is 15.6 Å². The third-order valence-electron chi connectivity index (χ3n) is 2.98. The van der Waals surface area contributed by atoms with Gasteiger partial charge < -0.3 is 15.5 Å². The van der Waals surface area contributed by atoms with Crippen molar-refractivity contribution in [3.63, 3.8) is 0 Å². The van der Waals surface area contributed by atoms with Gasteiger partial charge in [0.2, 0.25) is 0 Å². The van der Waals surface area contributed by atoms with E-state index in [1.54, 1.807) is 13.1 Å². The van der Waals surface area contributed by atoms with E-state index in [0.717, 1.165) is 5.69 Å². The van der Waals surface area contributed by atoms with E-state index in [0.29, 0.717) is 22.1 Å². The van der Waals surface area contributed by atoms with Gasteiger partial charge >= 0.3 is 0 Å². The van der Waals surface area contributed by atoms with E-state index in [-0.39, 0.29) is 5.91 Å². The van der Waals surface area contributed by atoms with E-state index in [1.165, 1.54) is 6.20 Å². The maximum atomic E-state index is 12.3. The number of hydrogen-bond acceptors (Lipinski definition) is 4. The molecule has 2 rings (SSSR count). The van der Waals surface area contributed by atoms with Crippen molar-refractivity contribution in [2.24, 2.45) is 0 Å². The molecule has 0 aliphatic heterocycles. The summed E-state index contributed by atoms with van der Waals surface area (Å²) in [5.41, 5.74) is 2.10. The maximum absolute atomic E-state index is 12.3. The van der Waals surface area contributed by atoms with E-state index >= 15 is 0 Å². The van der Waals surface area contributed by atoms with E-state index in [9.17, 15) is 4.79 Å². The molecule has 2 N–H and O–H groups in total. The molecule has 1 aromatic heterocycles. The summed E-state index contributed by atoms with van der Waals surface area (Å²) in [7, 11) is 5.62. The van der Waals surface area contributed by atoms with Crippen LogP contribution in [0.4, 0.5) is 17.2 Å². The zero-order valence-corrected chi connectivity index (χ0v) is 12.9. The molecule has 0 saturated carbocycles. The summed E-state index contributed by atoms with van der Waals surface area (Å²) in [4.78, 5) is 18.3. The fourth-order valence-corrected chi connectivity index (χ4v) is 2.00. The third kappa shape index (κ3) is 3.64. The smallest absolute Gasteiger partial charge is 0.257 e. The number of aromatic nitrogens is 1. The molecule has 0 fully saturated rings. The summed E-state index contributed by atoms with van der Waals surface area (Å²) in [5.74, 6) is 0.321. The summed E-state index contributed by atoms with van der Waals surface area (Å²) in [6, 6.07) is 9.20. The predicted octanol–water partition coefficient (Wildman–Crippen LogP) is 3.10. The van der Waals surface area contributed by atoms with Crippen molar-refractivity contribution in [2.75, 3.05) is 36.7 Å². The molecule has 0 atom stereocenters. The molecular formula is C15H17ClN4O. The molecular weight excluding hydrogens is 288 g/mol. The van der Waals surface area contributed by atoms with Gasteiger partial charge in [-0.25, -0.2) is 4.98 Å². The molecule has 110 valence electrons. The minimum Gasteiger partial charge on any atom is -0.378 e. The average Bonchev–Trinajstić information content (AvgIpc) is 2.48. The summed E-state index contributed by atoms with van der Waals surface area (Å²) in [6.07, 6.45) is 1.46. The molecule has 0 bridgehead atoms. The van der Waals surface area contributed by atoms with Crippen molar-refractivity contribution in [1.29, 1.82) is 0 Å². The number of hydrogen-bond donors (Lipinski definition) is 2. The average molecular weight is 305 g/mol. The number of halogens is 1. The second-order valence-corrected chi connectivity index (χ2v) is 5.11. The molecule has 6 heteroatoms. The van der Waals surface area contributed by atoms with Crippen LogP contribution in [0.3, 0.4) is 0 Å². The Morgan fingerprint density at radius 1 is 1.29 bits per heavy atom. The van der Waals surface area contributed by atoms with E-state index < -0.39 is 0 Å². The molecule has 2 aromatic rings. The molecule has 5 nitrogen and oxygen atoms in total. The van der Waals surface area contributed by atoms with Crippen molar-refractivity contribution < 1.29 is 4.79 Å². The molecule has 0 aliphatic carbocycles. The topological polar surface area (TPSA) is 57.3 Å². The van der Waals surface area contributed by atoms with Crippen LogP contribution >= 0.6 is 11.6 Å². The highest BCUT2D eigenvalue weighted by Crippen LogP contribution is 2.21. The van der Waals surface area contributed by atoms with E-state index in [1.807, 2.05) is 43.3 Å². The Morgan fingerprint density at radius 3 is 2.71 bits per heavy atom. The van der Waals surface area contributed by atoms with Crippen molar-refractivity contribution in [1.82, 2.24) is 4.98 Å². The van der Waals surface area contributed by atoms with Crippen molar-refractivity contribution >= 4 is 34.7 Å². The molecule has 21 heavy (non-hydrogen) atoms. The quantitative estimate of drug-likeness (QED) is 0.911. The number of amides is 1. The fraction of sp³-hybridized carbons (Fsp3) is 0.200. The largest absolute Gasteiger partial charge is 0.378 e. The van der Waals surface area contributed by atoms with Gasteiger partial charge in [-0.05, 0) is 24.3 Å². The Balaban J connectivity index is 2.24. The summed E-state index contributed by atoms with van der Waals surface area (Å²) >= 11 is 6.04. The van der Waals surface area contributed by atoms with Gasteiger partial charge in [-0.15, -0.1) is 0 Å². The van der Waals surface area contributed by atoms with Gasteiger partial charge in [0.05, 0.1) is 10.6 Å². The molecule has 1 amide bonds. The summed E-state index contributed by atoms with van der Waals surface area (Å²) in [5, 5.41) is 6.04. The summed E-state index contributed by atoms with van der Waals surface area (Å²) in [6.45, 7) is 0. The number of rotatable bonds is 4. The highest BCUT2D eigenvalue weighted by Gasteiger charge is 2.12. The van der Waals surface area contributed by atoms with Gasteiger partial charge in [0.15, 0.2) is 0 Å². The SMILES string of the molecule is CNc1cc(C(=O)Nc2cccc(N(C)C)c2)c(Cl)cn1. The van der Waals surface area contributed by atoms with Gasteiger partial charge in [-0.2, -0.15) is 0 Å². The highest BCUT2D eigenvalue weighted by atomic mass is 35.5. The monoisotopic (exact) mass is 304 g/mol. The molecule has 0 aliphatic rings. The van der Waals surface area contributed by atoms with Crippen LogP contribution in [-0.4, -0.2) is 32.0 Å². The number of nitrogens with one attached hydrogen (secondary N) is 2. The van der Waals surface area contributed by atoms with Crippen LogP contribution in [0.25, 0.3) is 0 Å². The number of carbonyl (C=O) groups excluding carboxylic acids is 1. The molecule has 0 unspecified atom stereocenters. The maximum Gasteiger partial charge on any atom is 0.257 e. The lowest BCUT2D eigenvalue weighted by atomic mass is 10.2. The first-order valence-electron chi connectivity index (χ1n) is 6.43. The fourth-order valence-electron chi connectivity index (χ4n) is 1.81. The van der Waals surface area contributed by atoms with Crippen molar-refractivity contribution in [3.05, 3.63) is 47.1 Å². The number of pyridine rings is 1. The van der Waals surface area contributed by atoms with Gasteiger partial charge in [0.1, 0.15) is 5.82 Å². The lowest BCUT2D eigenvalue weighted by molar-refractivity contribution is 0.102. The van der Waals surface area contributed by atoms with Crippen LogP contribution in [-0.2, 0) is 0 Å². The van der Waals surface area contributed by atoms with Gasteiger partial charge in [-0.1, -0.05) is 17.7 Å². The van der Waals surface area contributed by atoms with Crippen LogP contribution in [0.15, 0.2) is 36.5 Å². The Hall–Kier alpha value is -2.27. The number of carbonyl (C=O) groups is 1. The molecule has 1 heterocycles. The molecule has 0 saturated heterocycles. The van der Waals surface area contributed by atoms with Gasteiger partial charge in [0, 0.05) is 38.7 Å². The van der Waals surface area contributed by atoms with Crippen LogP contribution < -0.4 is 15.5 Å². The first kappa shape index (κ1) is 15.1. The van der Waals surface area contributed by atoms with Crippen LogP contribution in [0, 0.1) is 0 Å². The normalized spacial score (nSPS) is 10.1. The lowest BCUT2D eigenvalue weighted by Crippen LogP contribution is -2.14. The second-order valence-electron chi connectivity index (χ2n) is 4.70. The van der Waals surface area contributed by atoms with Crippen molar-refractivity contribution in [3.8, 4) is 0 Å². The minimum absolute atomic E-state index is 0.269. The van der Waals surface area contributed by atoms with Crippen LogP contribution in [0.1, 0.15) is 10.4 Å². The number of benzene rings is 1. The zero-order chi connectivity index (χ0) is 15.4. The third-order valence-corrected chi connectivity index (χ3v) is 3.28. The molecule has 1 aromatic carbocycles. The first-order chi connectivity index (χ1) is 10.0. The Kier molecular flexibility index (Phi) is 4.65. The minimum atomic E-state index is -0.269. The molecule has 0 spiro atoms. The zero-order valence-electron chi connectivity index (χ0n) is 12.1. The highest BCUT2D eigenvalue weighted by molar-refractivity contribution is 6.34. The van der Waals surface area contributed by atoms with Gasteiger partial charge in [0.25, 0.3) is 5.91 Å². The van der Waals surface area contributed by atoms with Crippen molar-refractivity contribution in [2.45, 2.75) is 0 Å². The van der Waals surface area contributed by atoms with Crippen LogP contribution in [0.5, 0.6) is 0 Å². The van der Waals surface area contributed by atoms with Crippen LogP contribution in [0.2, 0.25) is 5.02 Å². The Morgan fingerprint density at radius 2 is 2.05 bits per heavy atom. The van der Waals surface area contributed by atoms with Gasteiger partial charge in [-0.3, -0.25) is 4.79 Å². The predicted molar refractivity (Wildman–Crippen MR) is 87.5 cm³/mol. The lowest BCUT2D eigenvalue weighted by Gasteiger charge is -2.14. The molecule has 0 radical (unpaired) electrons. The van der Waals surface area contributed by atoms with E-state index in [4.69, 9.17) is 11.6 Å². The second kappa shape index (κ2) is 6.45. The Bertz CT molecular complexity index is 658. The Labute approximate surface area is 128 Å². The number of anilines is 3. The standard InChI is InChI=1S/C15H17ClN4O/c1-17-14-8-12(13(16)9-18-14)15(21)19-10-5-4-6-11(7-10)20(2)3/h4-9H,1-3H3,(H,17,18)(H,19,21). The first-order valence-corrected chi connectivity index (χ1v) is 6.81.